The standard InChI is InChI=1S/C11H16N2O3/c14-10-8-3-4-9(16-8)11(15)13(10)6-7-2-1-5-12-7/h7-9,12H,1-6H2. The second-order valence-electron chi connectivity index (χ2n) is 4.77. The molecule has 3 saturated heterocycles. The van der Waals surface area contributed by atoms with Crippen LogP contribution >= 0.6 is 0 Å². The average molecular weight is 224 g/mol. The van der Waals surface area contributed by atoms with Gasteiger partial charge in [0.2, 0.25) is 0 Å². The van der Waals surface area contributed by atoms with Crippen molar-refractivity contribution in [2.45, 2.75) is 43.9 Å². The molecule has 3 aliphatic rings. The predicted octanol–water partition coefficient (Wildman–Crippen LogP) is -0.345. The Bertz CT molecular complexity index is 303. The molecule has 0 spiro atoms. The summed E-state index contributed by atoms with van der Waals surface area (Å²) in [6, 6.07) is 0.283. The van der Waals surface area contributed by atoms with Crippen molar-refractivity contribution in [2.24, 2.45) is 0 Å². The molecule has 88 valence electrons. The quantitative estimate of drug-likeness (QED) is 0.652. The molecule has 0 aromatic heterocycles. The summed E-state index contributed by atoms with van der Waals surface area (Å²) in [6.45, 7) is 1.51. The molecule has 5 nitrogen and oxygen atoms in total. The predicted molar refractivity (Wildman–Crippen MR) is 55.6 cm³/mol. The molecule has 0 saturated carbocycles. The number of nitrogens with one attached hydrogen (secondary N) is 1. The van der Waals surface area contributed by atoms with Crippen LogP contribution in [0.4, 0.5) is 0 Å². The van der Waals surface area contributed by atoms with Crippen LogP contribution in [0.15, 0.2) is 0 Å². The zero-order valence-electron chi connectivity index (χ0n) is 9.15. The minimum absolute atomic E-state index is 0.132. The summed E-state index contributed by atoms with van der Waals surface area (Å²) >= 11 is 0. The van der Waals surface area contributed by atoms with E-state index < -0.39 is 0 Å². The highest BCUT2D eigenvalue weighted by Gasteiger charge is 2.46. The van der Waals surface area contributed by atoms with Gasteiger partial charge < -0.3 is 10.1 Å². The summed E-state index contributed by atoms with van der Waals surface area (Å²) < 4.78 is 5.36. The lowest BCUT2D eigenvalue weighted by atomic mass is 10.2. The highest BCUT2D eigenvalue weighted by Crippen LogP contribution is 2.28. The van der Waals surface area contributed by atoms with Gasteiger partial charge in [0.1, 0.15) is 12.2 Å². The van der Waals surface area contributed by atoms with E-state index in [2.05, 4.69) is 5.32 Å². The maximum atomic E-state index is 11.9. The van der Waals surface area contributed by atoms with Crippen molar-refractivity contribution in [1.29, 1.82) is 0 Å². The van der Waals surface area contributed by atoms with Crippen LogP contribution in [0.5, 0.6) is 0 Å². The summed E-state index contributed by atoms with van der Waals surface area (Å²) in [5, 5.41) is 3.31. The third-order valence-corrected chi connectivity index (χ3v) is 3.67. The van der Waals surface area contributed by atoms with E-state index >= 15 is 0 Å². The summed E-state index contributed by atoms with van der Waals surface area (Å²) in [4.78, 5) is 25.3. The van der Waals surface area contributed by atoms with Gasteiger partial charge in [-0.25, -0.2) is 0 Å². The molecule has 5 heteroatoms. The highest BCUT2D eigenvalue weighted by molar-refractivity contribution is 6.02. The van der Waals surface area contributed by atoms with E-state index in [-0.39, 0.29) is 30.1 Å². The average Bonchev–Trinajstić information content (AvgIpc) is 2.92. The van der Waals surface area contributed by atoms with Crippen molar-refractivity contribution < 1.29 is 14.3 Å². The Morgan fingerprint density at radius 1 is 1.19 bits per heavy atom. The summed E-state index contributed by atoms with van der Waals surface area (Å²) in [5.74, 6) is -0.264. The van der Waals surface area contributed by atoms with Crippen molar-refractivity contribution >= 4 is 11.8 Å². The van der Waals surface area contributed by atoms with Crippen molar-refractivity contribution in [2.75, 3.05) is 13.1 Å². The molecule has 2 amide bonds. The van der Waals surface area contributed by atoms with Gasteiger partial charge in [-0.3, -0.25) is 14.5 Å². The number of hydrogen-bond donors (Lipinski definition) is 1. The van der Waals surface area contributed by atoms with Gasteiger partial charge in [-0.15, -0.1) is 0 Å². The number of rotatable bonds is 2. The number of nitrogens with zero attached hydrogens (tertiary/aromatic N) is 1. The molecule has 2 bridgehead atoms. The van der Waals surface area contributed by atoms with Crippen molar-refractivity contribution in [3.63, 3.8) is 0 Å². The number of ether oxygens (including phenoxy) is 1. The van der Waals surface area contributed by atoms with Gasteiger partial charge >= 0.3 is 0 Å². The molecule has 0 radical (unpaired) electrons. The molecule has 0 aromatic rings. The van der Waals surface area contributed by atoms with Gasteiger partial charge in [-0.2, -0.15) is 0 Å². The molecule has 3 fully saturated rings. The lowest BCUT2D eigenvalue weighted by molar-refractivity contribution is -0.168. The Kier molecular flexibility index (Phi) is 2.44. The third-order valence-electron chi connectivity index (χ3n) is 3.67. The second kappa shape index (κ2) is 3.82. The van der Waals surface area contributed by atoms with Crippen LogP contribution < -0.4 is 5.32 Å². The van der Waals surface area contributed by atoms with E-state index in [4.69, 9.17) is 4.74 Å². The second-order valence-corrected chi connectivity index (χ2v) is 4.77. The first kappa shape index (κ1) is 10.2. The number of amides is 2. The van der Waals surface area contributed by atoms with Gasteiger partial charge in [0.15, 0.2) is 0 Å². The van der Waals surface area contributed by atoms with Crippen LogP contribution in [0, 0.1) is 0 Å². The number of likely N-dealkylation sites (tertiary alicyclic amines) is 1. The third kappa shape index (κ3) is 1.55. The van der Waals surface area contributed by atoms with Gasteiger partial charge in [-0.1, -0.05) is 0 Å². The van der Waals surface area contributed by atoms with E-state index in [9.17, 15) is 9.59 Å². The van der Waals surface area contributed by atoms with Crippen LogP contribution in [0.3, 0.4) is 0 Å². The van der Waals surface area contributed by atoms with Crippen molar-refractivity contribution in [3.8, 4) is 0 Å². The fourth-order valence-corrected chi connectivity index (χ4v) is 2.77. The monoisotopic (exact) mass is 224 g/mol. The zero-order valence-corrected chi connectivity index (χ0v) is 9.15. The fourth-order valence-electron chi connectivity index (χ4n) is 2.77. The Labute approximate surface area is 94.1 Å². The number of imide groups is 1. The molecular formula is C11H16N2O3. The molecule has 3 rings (SSSR count). The summed E-state index contributed by atoms with van der Waals surface area (Å²) in [7, 11) is 0. The Hall–Kier alpha value is -0.940. The number of carbonyl (C=O) groups is 2. The van der Waals surface area contributed by atoms with Gasteiger partial charge in [0.05, 0.1) is 0 Å². The molecule has 0 aliphatic carbocycles. The van der Waals surface area contributed by atoms with Crippen LogP contribution in [-0.4, -0.2) is 48.1 Å². The number of morpholine rings is 1. The van der Waals surface area contributed by atoms with E-state index in [1.165, 1.54) is 4.90 Å². The van der Waals surface area contributed by atoms with E-state index in [1.54, 1.807) is 0 Å². The van der Waals surface area contributed by atoms with E-state index in [0.29, 0.717) is 19.4 Å². The smallest absolute Gasteiger partial charge is 0.258 e. The Morgan fingerprint density at radius 3 is 2.44 bits per heavy atom. The zero-order chi connectivity index (χ0) is 11.1. The highest BCUT2D eigenvalue weighted by atomic mass is 16.5. The van der Waals surface area contributed by atoms with Gasteiger partial charge in [0, 0.05) is 12.6 Å². The molecule has 16 heavy (non-hydrogen) atoms. The van der Waals surface area contributed by atoms with Crippen LogP contribution in [0.1, 0.15) is 25.7 Å². The normalized spacial score (nSPS) is 38.5. The summed E-state index contributed by atoms with van der Waals surface area (Å²) in [5.41, 5.74) is 0. The minimum atomic E-state index is -0.357. The Morgan fingerprint density at radius 2 is 1.88 bits per heavy atom. The first-order valence-corrected chi connectivity index (χ1v) is 6.00. The van der Waals surface area contributed by atoms with Crippen LogP contribution in [0.2, 0.25) is 0 Å². The Balaban J connectivity index is 1.72. The van der Waals surface area contributed by atoms with Crippen LogP contribution in [-0.2, 0) is 14.3 Å². The summed E-state index contributed by atoms with van der Waals surface area (Å²) in [6.07, 6.45) is 2.86. The van der Waals surface area contributed by atoms with E-state index in [0.717, 1.165) is 19.4 Å². The molecule has 1 N–H and O–H groups in total. The number of fused-ring (bicyclic) bond motifs is 2. The first-order valence-electron chi connectivity index (χ1n) is 6.00. The fraction of sp³-hybridized carbons (Fsp3) is 0.818. The molecule has 3 atom stereocenters. The van der Waals surface area contributed by atoms with Crippen molar-refractivity contribution in [3.05, 3.63) is 0 Å². The maximum Gasteiger partial charge on any atom is 0.258 e. The first-order chi connectivity index (χ1) is 7.75. The lowest BCUT2D eigenvalue weighted by Crippen LogP contribution is -2.54. The molecule has 3 unspecified atom stereocenters. The number of hydrogen-bond acceptors (Lipinski definition) is 4. The SMILES string of the molecule is O=C1C2CCC(O2)C(=O)N1CC1CCCN1. The maximum absolute atomic E-state index is 11.9. The minimum Gasteiger partial charge on any atom is -0.355 e. The van der Waals surface area contributed by atoms with Crippen molar-refractivity contribution in [1.82, 2.24) is 10.2 Å². The molecule has 3 heterocycles. The molecule has 0 aromatic carbocycles. The molecular weight excluding hydrogens is 208 g/mol. The number of carbonyl (C=O) groups excluding carboxylic acids is 2. The van der Waals surface area contributed by atoms with Crippen LogP contribution in [0.25, 0.3) is 0 Å². The lowest BCUT2D eigenvalue weighted by Gasteiger charge is -2.31. The van der Waals surface area contributed by atoms with Gasteiger partial charge in [-0.05, 0) is 32.2 Å². The molecule has 3 aliphatic heterocycles. The van der Waals surface area contributed by atoms with Gasteiger partial charge in [0.25, 0.3) is 11.8 Å². The van der Waals surface area contributed by atoms with E-state index in [1.807, 2.05) is 0 Å². The largest absolute Gasteiger partial charge is 0.355 e. The topological polar surface area (TPSA) is 58.6 Å².